The van der Waals surface area contributed by atoms with E-state index in [0.717, 1.165) is 93.8 Å². The number of furan rings is 1. The van der Waals surface area contributed by atoms with Crippen molar-refractivity contribution in [3.63, 3.8) is 0 Å². The first-order valence-corrected chi connectivity index (χ1v) is 24.1. The van der Waals surface area contributed by atoms with E-state index in [0.29, 0.717) is 5.95 Å². The van der Waals surface area contributed by atoms with Crippen molar-refractivity contribution in [2.45, 2.75) is 19.3 Å². The number of hydrogen-bond donors (Lipinski definition) is 0. The third kappa shape index (κ3) is 5.54. The lowest BCUT2D eigenvalue weighted by Crippen LogP contribution is -2.15. The van der Waals surface area contributed by atoms with E-state index in [1.807, 2.05) is 0 Å². The van der Waals surface area contributed by atoms with Crippen LogP contribution in [0.25, 0.3) is 133 Å². The van der Waals surface area contributed by atoms with Crippen LogP contribution in [0, 0.1) is 0 Å². The summed E-state index contributed by atoms with van der Waals surface area (Å²) in [6, 6.07) is 78.8. The summed E-state index contributed by atoms with van der Waals surface area (Å²) in [4.78, 5) is 10.8. The predicted molar refractivity (Wildman–Crippen MR) is 289 cm³/mol. The summed E-state index contributed by atoms with van der Waals surface area (Å²) in [5, 5.41) is 7.97. The first kappa shape index (κ1) is 39.0. The van der Waals surface area contributed by atoms with Gasteiger partial charge < -0.3 is 8.98 Å². The minimum atomic E-state index is -0.130. The van der Waals surface area contributed by atoms with Gasteiger partial charge in [0.05, 0.1) is 33.3 Å². The van der Waals surface area contributed by atoms with Gasteiger partial charge in [-0.1, -0.05) is 153 Å². The molecule has 0 atom stereocenters. The van der Waals surface area contributed by atoms with Crippen molar-refractivity contribution in [1.82, 2.24) is 19.1 Å². The van der Waals surface area contributed by atoms with Crippen molar-refractivity contribution >= 4 is 76.5 Å². The lowest BCUT2D eigenvalue weighted by molar-refractivity contribution is 0.660. The number of benzene rings is 10. The van der Waals surface area contributed by atoms with Crippen LogP contribution < -0.4 is 0 Å². The van der Waals surface area contributed by atoms with E-state index in [2.05, 4.69) is 241 Å². The Bertz CT molecular complexity index is 4510. The van der Waals surface area contributed by atoms with Gasteiger partial charge in [-0.2, -0.15) is 0 Å². The highest BCUT2D eigenvalue weighted by molar-refractivity contribution is 6.16. The topological polar surface area (TPSA) is 48.8 Å². The van der Waals surface area contributed by atoms with E-state index >= 15 is 0 Å². The fourth-order valence-corrected chi connectivity index (χ4v) is 11.8. The molecule has 1 aliphatic rings. The zero-order chi connectivity index (χ0) is 46.2. The van der Waals surface area contributed by atoms with Gasteiger partial charge in [-0.05, 0) is 123 Å². The first-order chi connectivity index (χ1) is 34.5. The summed E-state index contributed by atoms with van der Waals surface area (Å²) >= 11 is 0. The molecule has 0 radical (unpaired) electrons. The Morgan fingerprint density at radius 1 is 0.371 bits per heavy atom. The monoisotopic (exact) mass is 894 g/mol. The van der Waals surface area contributed by atoms with E-state index in [1.165, 1.54) is 44.1 Å². The molecule has 328 valence electrons. The summed E-state index contributed by atoms with van der Waals surface area (Å²) in [6.45, 7) is 4.66. The molecular weight excluding hydrogens is 853 g/mol. The van der Waals surface area contributed by atoms with Crippen LogP contribution in [-0.2, 0) is 5.41 Å². The molecule has 0 saturated carbocycles. The highest BCUT2D eigenvalue weighted by Gasteiger charge is 2.35. The maximum atomic E-state index is 6.62. The maximum absolute atomic E-state index is 6.62. The van der Waals surface area contributed by atoms with Crippen LogP contribution in [0.2, 0.25) is 0 Å². The van der Waals surface area contributed by atoms with E-state index < -0.39 is 0 Å². The number of hydrogen-bond acceptors (Lipinski definition) is 3. The molecule has 15 rings (SSSR count). The van der Waals surface area contributed by atoms with Gasteiger partial charge in [0.2, 0.25) is 5.95 Å². The minimum absolute atomic E-state index is 0.130. The molecule has 5 heteroatoms. The average Bonchev–Trinajstić information content (AvgIpc) is 4.13. The molecule has 0 saturated heterocycles. The third-order valence-corrected chi connectivity index (χ3v) is 15.1. The lowest BCUT2D eigenvalue weighted by Gasteiger charge is -2.22. The molecule has 0 fully saturated rings. The van der Waals surface area contributed by atoms with Crippen molar-refractivity contribution in [3.8, 4) is 56.3 Å². The highest BCUT2D eigenvalue weighted by Crippen LogP contribution is 2.50. The van der Waals surface area contributed by atoms with Gasteiger partial charge >= 0.3 is 0 Å². The van der Waals surface area contributed by atoms with Gasteiger partial charge in [0.15, 0.2) is 0 Å². The first-order valence-electron chi connectivity index (χ1n) is 24.1. The van der Waals surface area contributed by atoms with E-state index in [-0.39, 0.29) is 5.41 Å². The molecule has 14 aromatic rings. The highest BCUT2D eigenvalue weighted by atomic mass is 16.3. The molecule has 4 heterocycles. The van der Waals surface area contributed by atoms with Gasteiger partial charge in [0.25, 0.3) is 0 Å². The van der Waals surface area contributed by atoms with Gasteiger partial charge in [-0.15, -0.1) is 0 Å². The van der Waals surface area contributed by atoms with Crippen molar-refractivity contribution in [1.29, 1.82) is 0 Å². The average molecular weight is 895 g/mol. The van der Waals surface area contributed by atoms with Crippen molar-refractivity contribution in [2.75, 3.05) is 0 Å². The van der Waals surface area contributed by atoms with E-state index in [4.69, 9.17) is 14.4 Å². The normalized spacial score (nSPS) is 13.1. The van der Waals surface area contributed by atoms with Gasteiger partial charge in [0, 0.05) is 54.4 Å². The Balaban J connectivity index is 0.873. The van der Waals surface area contributed by atoms with Crippen LogP contribution in [0.5, 0.6) is 0 Å². The van der Waals surface area contributed by atoms with Crippen LogP contribution >= 0.6 is 0 Å². The second kappa shape index (κ2) is 14.5. The number of para-hydroxylation sites is 4. The molecule has 0 bridgehead atoms. The molecule has 4 aromatic heterocycles. The van der Waals surface area contributed by atoms with Crippen LogP contribution in [0.15, 0.2) is 223 Å². The zero-order valence-corrected chi connectivity index (χ0v) is 38.5. The smallest absolute Gasteiger partial charge is 0.235 e. The van der Waals surface area contributed by atoms with Crippen molar-refractivity contribution in [2.24, 2.45) is 0 Å². The van der Waals surface area contributed by atoms with Crippen molar-refractivity contribution < 1.29 is 4.42 Å². The lowest BCUT2D eigenvalue weighted by atomic mass is 9.82. The predicted octanol–water partition coefficient (Wildman–Crippen LogP) is 17.0. The maximum Gasteiger partial charge on any atom is 0.235 e. The van der Waals surface area contributed by atoms with E-state index in [9.17, 15) is 0 Å². The largest absolute Gasteiger partial charge is 0.456 e. The Morgan fingerprint density at radius 2 is 0.957 bits per heavy atom. The number of aromatic nitrogens is 4. The quantitative estimate of drug-likeness (QED) is 0.173. The molecule has 0 spiro atoms. The fraction of sp³-hybridized carbons (Fsp3) is 0.0462. The van der Waals surface area contributed by atoms with Crippen LogP contribution in [0.4, 0.5) is 0 Å². The molecule has 0 aliphatic heterocycles. The summed E-state index contributed by atoms with van der Waals surface area (Å²) in [7, 11) is 0. The van der Waals surface area contributed by atoms with Gasteiger partial charge in [-0.3, -0.25) is 4.57 Å². The number of fused-ring (bicyclic) bond motifs is 13. The molecule has 0 unspecified atom stereocenters. The molecular formula is C65H42N4O. The molecule has 70 heavy (non-hydrogen) atoms. The van der Waals surface area contributed by atoms with Crippen molar-refractivity contribution in [3.05, 3.63) is 230 Å². The van der Waals surface area contributed by atoms with E-state index in [1.54, 1.807) is 0 Å². The standard InChI is InChI=1S/C65H42N4O/c1-65(2)53-22-10-6-17-45(53)46-31-27-42(38-54(46)65)63-49-20-7-11-23-55(49)66-64(67-63)69-57-25-13-9-19-48(57)51-37-41(29-33-59(51)69)44-21-14-26-61-62(44)52-36-40(30-34-60(52)70-61)39-28-32-58-50(35-39)47-18-8-12-24-56(47)68(58)43-15-4-3-5-16-43/h3-38H,1-2H3. The Hall–Kier alpha value is -9.06. The summed E-state index contributed by atoms with van der Waals surface area (Å²) in [6.07, 6.45) is 0. The summed E-state index contributed by atoms with van der Waals surface area (Å²) in [5.41, 5.74) is 20.0. The Kier molecular flexibility index (Phi) is 8.06. The zero-order valence-electron chi connectivity index (χ0n) is 38.5. The number of nitrogens with zero attached hydrogens (tertiary/aromatic N) is 4. The fourth-order valence-electron chi connectivity index (χ4n) is 11.8. The number of rotatable bonds is 5. The van der Waals surface area contributed by atoms with Crippen LogP contribution in [0.1, 0.15) is 25.0 Å². The van der Waals surface area contributed by atoms with Gasteiger partial charge in [-0.25, -0.2) is 9.97 Å². The Morgan fingerprint density at radius 3 is 1.77 bits per heavy atom. The summed E-state index contributed by atoms with van der Waals surface area (Å²) in [5.74, 6) is 0.647. The third-order valence-electron chi connectivity index (χ3n) is 15.1. The summed E-state index contributed by atoms with van der Waals surface area (Å²) < 4.78 is 11.2. The molecule has 0 amide bonds. The minimum Gasteiger partial charge on any atom is -0.456 e. The molecule has 1 aliphatic carbocycles. The molecule has 10 aromatic carbocycles. The second-order valence-electron chi connectivity index (χ2n) is 19.3. The molecule has 5 nitrogen and oxygen atoms in total. The Labute approximate surface area is 403 Å². The SMILES string of the molecule is CC1(C)c2ccccc2-c2ccc(-c3nc(-n4c5ccccc5c5cc(-c6cccc7oc8ccc(-c9ccc%10c(c9)c9ccccc9n%10-c9ccccc9)cc8c67)ccc54)nc4ccccc34)cc21. The second-order valence-corrected chi connectivity index (χ2v) is 19.3. The molecule has 0 N–H and O–H groups in total. The van der Waals surface area contributed by atoms with Crippen LogP contribution in [0.3, 0.4) is 0 Å². The van der Waals surface area contributed by atoms with Crippen LogP contribution in [-0.4, -0.2) is 19.1 Å². The van der Waals surface area contributed by atoms with Gasteiger partial charge in [0.1, 0.15) is 11.2 Å².